The molecule has 11 nitrogen and oxygen atoms in total. The van der Waals surface area contributed by atoms with Crippen molar-refractivity contribution in [3.05, 3.63) is 83.9 Å². The Hall–Kier alpha value is -4.74. The number of aromatic nitrogens is 2. The van der Waals surface area contributed by atoms with E-state index in [1.165, 1.54) is 6.07 Å². The third-order valence-corrected chi connectivity index (χ3v) is 7.12. The van der Waals surface area contributed by atoms with Crippen LogP contribution >= 0.6 is 0 Å². The Kier molecular flexibility index (Phi) is 10.1. The first-order valence-electron chi connectivity index (χ1n) is 14.1. The molecule has 0 aliphatic carbocycles. The van der Waals surface area contributed by atoms with Crippen LogP contribution in [0.25, 0.3) is 0 Å². The van der Waals surface area contributed by atoms with Crippen molar-refractivity contribution in [3.63, 3.8) is 0 Å². The monoisotopic (exact) mass is 592 g/mol. The number of hydrogen-bond acceptors (Lipinski definition) is 8. The SMILES string of the molecule is CC(C)(C)N(C(=O)OCc1ccccc1)[C@@H](CNC(=O)c1ccc(N2CCC(Nc3ncccn3)CC2)c(F)c1)C(=O)O. The number of amides is 2. The number of halogens is 1. The highest BCUT2D eigenvalue weighted by Gasteiger charge is 2.39. The maximum absolute atomic E-state index is 15.2. The number of benzene rings is 2. The summed E-state index contributed by atoms with van der Waals surface area (Å²) in [6, 6.07) is 13.7. The molecule has 1 atom stereocenters. The largest absolute Gasteiger partial charge is 0.480 e. The van der Waals surface area contributed by atoms with Crippen LogP contribution in [0.1, 0.15) is 49.5 Å². The molecule has 3 N–H and O–H groups in total. The minimum atomic E-state index is -1.42. The number of nitrogens with zero attached hydrogens (tertiary/aromatic N) is 4. The first-order chi connectivity index (χ1) is 20.5. The third kappa shape index (κ3) is 8.40. The molecule has 0 unspecified atom stereocenters. The summed E-state index contributed by atoms with van der Waals surface area (Å²) in [7, 11) is 0. The van der Waals surface area contributed by atoms with Gasteiger partial charge in [-0.1, -0.05) is 30.3 Å². The number of piperidine rings is 1. The van der Waals surface area contributed by atoms with Gasteiger partial charge in [-0.15, -0.1) is 0 Å². The molecule has 4 rings (SSSR count). The molecule has 228 valence electrons. The fraction of sp³-hybridized carbons (Fsp3) is 0.387. The van der Waals surface area contributed by atoms with Crippen molar-refractivity contribution < 1.29 is 28.6 Å². The Balaban J connectivity index is 1.36. The zero-order valence-electron chi connectivity index (χ0n) is 24.5. The van der Waals surface area contributed by atoms with E-state index in [1.807, 2.05) is 11.0 Å². The first-order valence-corrected chi connectivity index (χ1v) is 14.1. The van der Waals surface area contributed by atoms with E-state index in [0.29, 0.717) is 24.7 Å². The van der Waals surface area contributed by atoms with Crippen LogP contribution in [0.2, 0.25) is 0 Å². The van der Waals surface area contributed by atoms with E-state index in [0.717, 1.165) is 29.4 Å². The minimum Gasteiger partial charge on any atom is -0.480 e. The van der Waals surface area contributed by atoms with Crippen LogP contribution in [0, 0.1) is 5.82 Å². The Morgan fingerprint density at radius 2 is 1.74 bits per heavy atom. The molecular formula is C31H37FN6O5. The van der Waals surface area contributed by atoms with Gasteiger partial charge in [0.05, 0.1) is 5.69 Å². The molecule has 12 heteroatoms. The number of carboxylic acids is 1. The molecule has 1 aliphatic rings. The smallest absolute Gasteiger partial charge is 0.411 e. The molecule has 0 saturated carbocycles. The highest BCUT2D eigenvalue weighted by Crippen LogP contribution is 2.25. The molecule has 0 spiro atoms. The fourth-order valence-electron chi connectivity index (χ4n) is 4.96. The number of carbonyl (C=O) groups is 3. The lowest BCUT2D eigenvalue weighted by atomic mass is 10.0. The van der Waals surface area contributed by atoms with Crippen molar-refractivity contribution in [2.75, 3.05) is 29.9 Å². The van der Waals surface area contributed by atoms with Gasteiger partial charge in [-0.05, 0) is 63.4 Å². The maximum Gasteiger partial charge on any atom is 0.411 e. The van der Waals surface area contributed by atoms with Crippen LogP contribution in [-0.4, -0.2) is 75.2 Å². The Labute approximate surface area is 250 Å². The molecule has 2 heterocycles. The molecule has 43 heavy (non-hydrogen) atoms. The van der Waals surface area contributed by atoms with Crippen molar-refractivity contribution >= 4 is 29.6 Å². The molecule has 1 saturated heterocycles. The van der Waals surface area contributed by atoms with Gasteiger partial charge in [0.2, 0.25) is 5.95 Å². The second-order valence-electron chi connectivity index (χ2n) is 11.3. The summed E-state index contributed by atoms with van der Waals surface area (Å²) >= 11 is 0. The van der Waals surface area contributed by atoms with E-state index < -0.39 is 41.9 Å². The molecule has 3 aromatic rings. The van der Waals surface area contributed by atoms with Crippen LogP contribution in [0.4, 0.5) is 20.8 Å². The fourth-order valence-corrected chi connectivity index (χ4v) is 4.96. The maximum atomic E-state index is 15.2. The number of carbonyl (C=O) groups excluding carboxylic acids is 2. The van der Waals surface area contributed by atoms with Gasteiger partial charge >= 0.3 is 12.1 Å². The first kappa shape index (κ1) is 31.2. The van der Waals surface area contributed by atoms with Crippen molar-refractivity contribution in [2.45, 2.75) is 57.8 Å². The summed E-state index contributed by atoms with van der Waals surface area (Å²) in [5.41, 5.74) is 0.233. The van der Waals surface area contributed by atoms with E-state index in [2.05, 4.69) is 20.6 Å². The number of ether oxygens (including phenoxy) is 1. The summed E-state index contributed by atoms with van der Waals surface area (Å²) < 4.78 is 20.6. The number of rotatable bonds is 10. The van der Waals surface area contributed by atoms with Crippen LogP contribution in [0.5, 0.6) is 0 Å². The Morgan fingerprint density at radius 3 is 2.35 bits per heavy atom. The number of hydrogen-bond donors (Lipinski definition) is 3. The average molecular weight is 593 g/mol. The van der Waals surface area contributed by atoms with E-state index in [4.69, 9.17) is 4.74 Å². The van der Waals surface area contributed by atoms with Crippen LogP contribution in [0.15, 0.2) is 67.0 Å². The minimum absolute atomic E-state index is 0.0355. The lowest BCUT2D eigenvalue weighted by Gasteiger charge is -2.38. The van der Waals surface area contributed by atoms with Gasteiger partial charge in [0.25, 0.3) is 5.91 Å². The summed E-state index contributed by atoms with van der Waals surface area (Å²) in [5.74, 6) is -1.97. The van der Waals surface area contributed by atoms with Crippen molar-refractivity contribution in [3.8, 4) is 0 Å². The van der Waals surface area contributed by atoms with Gasteiger partial charge in [0.15, 0.2) is 6.04 Å². The number of nitrogens with one attached hydrogen (secondary N) is 2. The molecule has 1 aliphatic heterocycles. The predicted octanol–water partition coefficient (Wildman–Crippen LogP) is 4.32. The molecule has 2 aromatic carbocycles. The second-order valence-corrected chi connectivity index (χ2v) is 11.3. The molecule has 2 amide bonds. The molecule has 1 aromatic heterocycles. The van der Waals surface area contributed by atoms with Gasteiger partial charge in [-0.2, -0.15) is 0 Å². The third-order valence-electron chi connectivity index (χ3n) is 7.12. The zero-order chi connectivity index (χ0) is 31.0. The van der Waals surface area contributed by atoms with E-state index in [9.17, 15) is 19.5 Å². The lowest BCUT2D eigenvalue weighted by Crippen LogP contribution is -2.58. The van der Waals surface area contributed by atoms with E-state index >= 15 is 4.39 Å². The van der Waals surface area contributed by atoms with Gasteiger partial charge < -0.3 is 25.4 Å². The number of aliphatic carboxylic acids is 1. The normalized spacial score (nSPS) is 14.5. The highest BCUT2D eigenvalue weighted by molar-refractivity contribution is 5.95. The van der Waals surface area contributed by atoms with Gasteiger partial charge in [0, 0.05) is 49.2 Å². The Bertz CT molecular complexity index is 1390. The van der Waals surface area contributed by atoms with E-state index in [1.54, 1.807) is 69.6 Å². The molecule has 1 fully saturated rings. The molecule has 0 radical (unpaired) electrons. The molecule has 0 bridgehead atoms. The number of anilines is 2. The molecular weight excluding hydrogens is 555 g/mol. The zero-order valence-corrected chi connectivity index (χ0v) is 24.5. The summed E-state index contributed by atoms with van der Waals surface area (Å²) in [6.07, 6.45) is 4.02. The van der Waals surface area contributed by atoms with E-state index in [-0.39, 0.29) is 18.2 Å². The summed E-state index contributed by atoms with van der Waals surface area (Å²) in [4.78, 5) is 49.6. The summed E-state index contributed by atoms with van der Waals surface area (Å²) in [5, 5.41) is 15.8. The van der Waals surface area contributed by atoms with Crippen LogP contribution in [0.3, 0.4) is 0 Å². The lowest BCUT2D eigenvalue weighted by molar-refractivity contribution is -0.144. The Morgan fingerprint density at radius 1 is 1.07 bits per heavy atom. The van der Waals surface area contributed by atoms with Crippen molar-refractivity contribution in [2.24, 2.45) is 0 Å². The van der Waals surface area contributed by atoms with Crippen LogP contribution in [-0.2, 0) is 16.1 Å². The van der Waals surface area contributed by atoms with Crippen molar-refractivity contribution in [1.29, 1.82) is 0 Å². The quantitative estimate of drug-likeness (QED) is 0.314. The highest BCUT2D eigenvalue weighted by atomic mass is 19.1. The standard InChI is InChI=1S/C31H37FN6O5/c1-31(2,3)38(30(42)43-20-21-8-5-4-6-9-21)26(28(40)41)19-35-27(39)22-10-11-25(24(32)18-22)37-16-12-23(13-17-37)36-29-33-14-7-15-34-29/h4-11,14-15,18,23,26H,12-13,16-17,19-20H2,1-3H3,(H,35,39)(H,40,41)(H,33,34,36)/t26-/m0/s1. The van der Waals surface area contributed by atoms with Gasteiger partial charge in [-0.25, -0.2) is 23.9 Å². The summed E-state index contributed by atoms with van der Waals surface area (Å²) in [6.45, 7) is 5.81. The topological polar surface area (TPSA) is 137 Å². The van der Waals surface area contributed by atoms with Gasteiger partial charge in [0.1, 0.15) is 12.4 Å². The number of carboxylic acid groups (broad SMARTS) is 1. The average Bonchev–Trinajstić information content (AvgIpc) is 2.98. The second kappa shape index (κ2) is 14.0. The predicted molar refractivity (Wildman–Crippen MR) is 159 cm³/mol. The van der Waals surface area contributed by atoms with Gasteiger partial charge in [-0.3, -0.25) is 9.69 Å². The van der Waals surface area contributed by atoms with Crippen LogP contribution < -0.4 is 15.5 Å². The van der Waals surface area contributed by atoms with Crippen molar-refractivity contribution in [1.82, 2.24) is 20.2 Å².